The Balaban J connectivity index is 2.02. The first kappa shape index (κ1) is 19.1. The fraction of sp³-hybridized carbons (Fsp3) is 0.304. The van der Waals surface area contributed by atoms with Gasteiger partial charge in [0, 0.05) is 17.7 Å². The number of fused-ring (bicyclic) bond motifs is 1. The van der Waals surface area contributed by atoms with Gasteiger partial charge in [-0.1, -0.05) is 48.0 Å². The van der Waals surface area contributed by atoms with E-state index in [4.69, 9.17) is 0 Å². The second kappa shape index (κ2) is 6.78. The standard InChI is InChI=1S/C23H25NO3/c1-14(2)13-24-19-9-7-6-8-18(19)23(27,22(24)26)12-20(25)21-16(4)10-15(3)11-17(21)5/h6-11,27H,1,12-13H2,2-5H3. The van der Waals surface area contributed by atoms with Gasteiger partial charge in [-0.25, -0.2) is 0 Å². The van der Waals surface area contributed by atoms with Crippen LogP contribution in [0.5, 0.6) is 0 Å². The highest BCUT2D eigenvalue weighted by atomic mass is 16.3. The third-order valence-corrected chi connectivity index (χ3v) is 5.04. The molecule has 0 bridgehead atoms. The number of Topliss-reactive ketones (excluding diaryl/α,β-unsaturated/α-hetero) is 1. The fourth-order valence-electron chi connectivity index (χ4n) is 4.04. The molecule has 1 amide bonds. The normalized spacial score (nSPS) is 18.6. The molecule has 1 unspecified atom stereocenters. The molecule has 140 valence electrons. The van der Waals surface area contributed by atoms with Crippen molar-refractivity contribution in [1.82, 2.24) is 0 Å². The van der Waals surface area contributed by atoms with Gasteiger partial charge in [-0.2, -0.15) is 0 Å². The molecule has 0 aliphatic carbocycles. The molecule has 1 atom stereocenters. The molecule has 0 radical (unpaired) electrons. The summed E-state index contributed by atoms with van der Waals surface area (Å²) in [6.07, 6.45) is -0.278. The average Bonchev–Trinajstić information content (AvgIpc) is 2.76. The molecule has 0 fully saturated rings. The molecule has 2 aromatic rings. The van der Waals surface area contributed by atoms with Crippen molar-refractivity contribution in [2.45, 2.75) is 39.7 Å². The van der Waals surface area contributed by atoms with Crippen LogP contribution in [-0.4, -0.2) is 23.3 Å². The molecule has 27 heavy (non-hydrogen) atoms. The third kappa shape index (κ3) is 3.21. The molecule has 4 nitrogen and oxygen atoms in total. The van der Waals surface area contributed by atoms with Gasteiger partial charge < -0.3 is 10.0 Å². The number of carbonyl (C=O) groups excluding carboxylic acids is 2. The number of anilines is 1. The number of benzene rings is 2. The van der Waals surface area contributed by atoms with E-state index in [1.54, 1.807) is 18.2 Å². The van der Waals surface area contributed by atoms with Gasteiger partial charge in [-0.3, -0.25) is 9.59 Å². The van der Waals surface area contributed by atoms with Gasteiger partial charge in [0.2, 0.25) is 0 Å². The maximum Gasteiger partial charge on any atom is 0.264 e. The van der Waals surface area contributed by atoms with E-state index in [0.717, 1.165) is 22.3 Å². The Kier molecular flexibility index (Phi) is 4.79. The highest BCUT2D eigenvalue weighted by Crippen LogP contribution is 2.43. The van der Waals surface area contributed by atoms with Gasteiger partial charge in [0.25, 0.3) is 5.91 Å². The Bertz CT molecular complexity index is 937. The van der Waals surface area contributed by atoms with E-state index in [1.165, 1.54) is 4.90 Å². The van der Waals surface area contributed by atoms with Crippen LogP contribution in [0.3, 0.4) is 0 Å². The van der Waals surface area contributed by atoms with Gasteiger partial charge in [-0.15, -0.1) is 0 Å². The molecule has 4 heteroatoms. The van der Waals surface area contributed by atoms with Gasteiger partial charge in [0.15, 0.2) is 11.4 Å². The van der Waals surface area contributed by atoms with Crippen molar-refractivity contribution in [3.63, 3.8) is 0 Å². The van der Waals surface area contributed by atoms with Gasteiger partial charge >= 0.3 is 0 Å². The average molecular weight is 363 g/mol. The Labute approximate surface area is 160 Å². The van der Waals surface area contributed by atoms with E-state index >= 15 is 0 Å². The van der Waals surface area contributed by atoms with Crippen molar-refractivity contribution >= 4 is 17.4 Å². The lowest BCUT2D eigenvalue weighted by Crippen LogP contribution is -2.42. The Morgan fingerprint density at radius 3 is 2.33 bits per heavy atom. The highest BCUT2D eigenvalue weighted by molar-refractivity contribution is 6.11. The largest absolute Gasteiger partial charge is 0.375 e. The van der Waals surface area contributed by atoms with Crippen molar-refractivity contribution in [3.8, 4) is 0 Å². The molecule has 0 saturated carbocycles. The van der Waals surface area contributed by atoms with Gasteiger partial charge in [0.1, 0.15) is 0 Å². The van der Waals surface area contributed by atoms with E-state index in [2.05, 4.69) is 6.58 Å². The summed E-state index contributed by atoms with van der Waals surface area (Å²) in [6, 6.07) is 11.0. The number of rotatable bonds is 5. The molecule has 1 N–H and O–H groups in total. The van der Waals surface area contributed by atoms with Crippen LogP contribution in [0.4, 0.5) is 5.69 Å². The molecule has 1 aliphatic heterocycles. The first-order valence-corrected chi connectivity index (χ1v) is 9.04. The van der Waals surface area contributed by atoms with Crippen LogP contribution in [-0.2, 0) is 10.4 Å². The number of amides is 1. The van der Waals surface area contributed by atoms with E-state index in [-0.39, 0.29) is 12.2 Å². The third-order valence-electron chi connectivity index (χ3n) is 5.04. The summed E-state index contributed by atoms with van der Waals surface area (Å²) in [5.74, 6) is -0.699. The summed E-state index contributed by atoms with van der Waals surface area (Å²) in [5.41, 5.74) is 3.45. The molecular formula is C23H25NO3. The minimum atomic E-state index is -1.85. The number of nitrogens with zero attached hydrogens (tertiary/aromatic N) is 1. The number of para-hydroxylation sites is 1. The number of aryl methyl sites for hydroxylation is 3. The lowest BCUT2D eigenvalue weighted by molar-refractivity contribution is -0.135. The van der Waals surface area contributed by atoms with Crippen molar-refractivity contribution in [2.75, 3.05) is 11.4 Å². The van der Waals surface area contributed by atoms with Crippen LogP contribution in [0.15, 0.2) is 48.6 Å². The second-order valence-corrected chi connectivity index (χ2v) is 7.60. The van der Waals surface area contributed by atoms with Crippen LogP contribution in [0.1, 0.15) is 46.0 Å². The van der Waals surface area contributed by atoms with Crippen LogP contribution >= 0.6 is 0 Å². The molecule has 1 heterocycles. The number of ketones is 1. The summed E-state index contributed by atoms with van der Waals surface area (Å²) in [7, 11) is 0. The molecule has 0 spiro atoms. The lowest BCUT2D eigenvalue weighted by atomic mass is 9.85. The minimum absolute atomic E-state index is 0.229. The van der Waals surface area contributed by atoms with Gasteiger partial charge in [-0.05, 0) is 44.9 Å². The summed E-state index contributed by atoms with van der Waals surface area (Å²) >= 11 is 0. The monoisotopic (exact) mass is 363 g/mol. The first-order chi connectivity index (χ1) is 12.6. The van der Waals surface area contributed by atoms with Crippen LogP contribution < -0.4 is 4.90 Å². The molecule has 0 saturated heterocycles. The fourth-order valence-corrected chi connectivity index (χ4v) is 4.04. The zero-order valence-electron chi connectivity index (χ0n) is 16.3. The molecular weight excluding hydrogens is 338 g/mol. The molecule has 3 rings (SSSR count). The zero-order valence-corrected chi connectivity index (χ0v) is 16.3. The van der Waals surface area contributed by atoms with Crippen molar-refractivity contribution < 1.29 is 14.7 Å². The summed E-state index contributed by atoms with van der Waals surface area (Å²) in [5, 5.41) is 11.3. The predicted octanol–water partition coefficient (Wildman–Crippen LogP) is 4.00. The van der Waals surface area contributed by atoms with Crippen LogP contribution in [0, 0.1) is 20.8 Å². The second-order valence-electron chi connectivity index (χ2n) is 7.60. The Morgan fingerprint density at radius 1 is 1.15 bits per heavy atom. The first-order valence-electron chi connectivity index (χ1n) is 9.04. The van der Waals surface area contributed by atoms with Crippen molar-refractivity contribution in [2.24, 2.45) is 0 Å². The number of hydrogen-bond donors (Lipinski definition) is 1. The van der Waals surface area contributed by atoms with Crippen LogP contribution in [0.2, 0.25) is 0 Å². The van der Waals surface area contributed by atoms with Crippen molar-refractivity contribution in [1.29, 1.82) is 0 Å². The van der Waals surface area contributed by atoms with Crippen LogP contribution in [0.25, 0.3) is 0 Å². The summed E-state index contributed by atoms with van der Waals surface area (Å²) < 4.78 is 0. The Morgan fingerprint density at radius 2 is 1.74 bits per heavy atom. The van der Waals surface area contributed by atoms with E-state index in [9.17, 15) is 14.7 Å². The molecule has 1 aliphatic rings. The maximum atomic E-state index is 13.1. The summed E-state index contributed by atoms with van der Waals surface area (Å²) in [4.78, 5) is 27.7. The number of carbonyl (C=O) groups is 2. The van der Waals surface area contributed by atoms with Crippen molar-refractivity contribution in [3.05, 3.63) is 76.4 Å². The number of hydrogen-bond acceptors (Lipinski definition) is 3. The Hall–Kier alpha value is -2.72. The maximum absolute atomic E-state index is 13.1. The zero-order chi connectivity index (χ0) is 19.9. The lowest BCUT2D eigenvalue weighted by Gasteiger charge is -2.23. The van der Waals surface area contributed by atoms with E-state index in [0.29, 0.717) is 23.4 Å². The topological polar surface area (TPSA) is 57.6 Å². The summed E-state index contributed by atoms with van der Waals surface area (Å²) in [6.45, 7) is 11.8. The van der Waals surface area contributed by atoms with E-state index in [1.807, 2.05) is 45.9 Å². The number of aliphatic hydroxyl groups is 1. The predicted molar refractivity (Wildman–Crippen MR) is 107 cm³/mol. The van der Waals surface area contributed by atoms with E-state index < -0.39 is 11.5 Å². The quantitative estimate of drug-likeness (QED) is 0.645. The molecule has 2 aromatic carbocycles. The van der Waals surface area contributed by atoms with Gasteiger partial charge in [0.05, 0.1) is 12.1 Å². The highest BCUT2D eigenvalue weighted by Gasteiger charge is 2.50. The minimum Gasteiger partial charge on any atom is -0.375 e. The molecule has 0 aromatic heterocycles. The SMILES string of the molecule is C=C(C)CN1C(=O)C(O)(CC(=O)c2c(C)cc(C)cc2C)c2ccccc21. The smallest absolute Gasteiger partial charge is 0.264 e.